The Morgan fingerprint density at radius 2 is 1.90 bits per heavy atom. The fourth-order valence-corrected chi connectivity index (χ4v) is 7.39. The van der Waals surface area contributed by atoms with Crippen LogP contribution in [-0.2, 0) is 18.2 Å². The van der Waals surface area contributed by atoms with Crippen LogP contribution in [0.5, 0.6) is 0 Å². The van der Waals surface area contributed by atoms with Crippen molar-refractivity contribution in [1.82, 2.24) is 19.5 Å². The monoisotopic (exact) mass is 616 g/mol. The van der Waals surface area contributed by atoms with Crippen molar-refractivity contribution in [2.24, 2.45) is 5.73 Å². The van der Waals surface area contributed by atoms with Crippen LogP contribution in [0.2, 0.25) is 18.1 Å². The first-order valence-electron chi connectivity index (χ1n) is 14.1. The van der Waals surface area contributed by atoms with E-state index in [2.05, 4.69) is 54.9 Å². The average Bonchev–Trinajstić information content (AvgIpc) is 3.13. The second-order valence-electron chi connectivity index (χ2n) is 12.2. The number of hydrogen-bond acceptors (Lipinski definition) is 11. The number of nitriles is 1. The number of H-pyrrole nitrogens is 1. The van der Waals surface area contributed by atoms with E-state index in [1.807, 2.05) is 27.7 Å². The molecule has 1 fully saturated rings. The summed E-state index contributed by atoms with van der Waals surface area (Å²) in [5.41, 5.74) is 4.33. The molecule has 6 atom stereocenters. The number of nitrogens with one attached hydrogen (secondary N) is 2. The van der Waals surface area contributed by atoms with E-state index in [0.717, 1.165) is 0 Å². The van der Waals surface area contributed by atoms with E-state index >= 15 is 0 Å². The molecular formula is C26H49N6O7PSi. The van der Waals surface area contributed by atoms with Gasteiger partial charge >= 0.3 is 5.69 Å². The van der Waals surface area contributed by atoms with Gasteiger partial charge in [-0.3, -0.25) is 25.4 Å². The van der Waals surface area contributed by atoms with E-state index in [9.17, 15) is 14.7 Å². The summed E-state index contributed by atoms with van der Waals surface area (Å²) < 4.78 is 29.9. The van der Waals surface area contributed by atoms with Gasteiger partial charge < -0.3 is 23.3 Å². The Kier molecular flexibility index (Phi) is 13.3. The van der Waals surface area contributed by atoms with Crippen molar-refractivity contribution in [3.05, 3.63) is 33.1 Å². The molecule has 0 aromatic carbocycles. The lowest BCUT2D eigenvalue weighted by atomic mass is 10.1. The van der Waals surface area contributed by atoms with Gasteiger partial charge in [0.15, 0.2) is 20.9 Å². The van der Waals surface area contributed by atoms with E-state index in [1.165, 1.54) is 16.8 Å². The predicted octanol–water partition coefficient (Wildman–Crippen LogP) is 2.70. The Labute approximate surface area is 245 Å². The minimum absolute atomic E-state index is 0.0468. The van der Waals surface area contributed by atoms with Crippen LogP contribution < -0.4 is 22.3 Å². The molecule has 0 bridgehead atoms. The predicted molar refractivity (Wildman–Crippen MR) is 160 cm³/mol. The fraction of sp³-hybridized carbons (Fsp3) is 0.808. The molecule has 2 heterocycles. The van der Waals surface area contributed by atoms with E-state index in [0.29, 0.717) is 13.0 Å². The third-order valence-electron chi connectivity index (χ3n) is 7.30. The Bertz CT molecular complexity index is 1110. The third kappa shape index (κ3) is 9.76. The highest BCUT2D eigenvalue weighted by molar-refractivity contribution is 7.44. The number of ether oxygens (including phenoxy) is 1. The molecular weight excluding hydrogens is 567 g/mol. The standard InChI is InChI=1S/C26H49N6O7PSi/c1-17(2)32(18(3)4)40(36-16-10-13-27)38-22-21(39-41(8,9)26(5,6)7)19(11-14-29-24(28)34)37-23(22)31-15-12-20(33)30-25(31)35/h12,15,17-19,21-24,29,34H,10-11,14,16,28H2,1-9H3,(H,30,33,35)/t19-,21?,22+,23-,24?,40?/m1/s1. The number of hydrogen-bond donors (Lipinski definition) is 4. The molecule has 1 aromatic rings. The molecule has 5 N–H and O–H groups in total. The molecule has 13 nitrogen and oxygen atoms in total. The highest BCUT2D eigenvalue weighted by Gasteiger charge is 2.53. The molecule has 1 aliphatic heterocycles. The van der Waals surface area contributed by atoms with Gasteiger partial charge in [-0.15, -0.1) is 0 Å². The van der Waals surface area contributed by atoms with Crippen molar-refractivity contribution in [2.75, 3.05) is 13.2 Å². The minimum atomic E-state index is -2.41. The zero-order chi connectivity index (χ0) is 31.1. The SMILES string of the molecule is CC(C)N(C(C)C)P(OCCC#N)O[C@H]1C(O[Si](C)(C)C(C)(C)C)[C@@H](CCNC(N)O)O[C@H]1n1ccc(=O)[nH]c1=O. The van der Waals surface area contributed by atoms with Crippen molar-refractivity contribution in [3.8, 4) is 6.07 Å². The Morgan fingerprint density at radius 1 is 1.27 bits per heavy atom. The maximum absolute atomic E-state index is 13.0. The van der Waals surface area contributed by atoms with Crippen LogP contribution in [0.15, 0.2) is 21.9 Å². The highest BCUT2D eigenvalue weighted by Crippen LogP contribution is 2.52. The van der Waals surface area contributed by atoms with Crippen molar-refractivity contribution < 1.29 is 23.3 Å². The van der Waals surface area contributed by atoms with Gasteiger partial charge in [0.1, 0.15) is 12.2 Å². The smallest absolute Gasteiger partial charge is 0.330 e. The van der Waals surface area contributed by atoms with Gasteiger partial charge in [0.25, 0.3) is 14.1 Å². The molecule has 234 valence electrons. The van der Waals surface area contributed by atoms with Gasteiger partial charge in [-0.1, -0.05) is 20.8 Å². The van der Waals surface area contributed by atoms with Crippen LogP contribution in [0.4, 0.5) is 0 Å². The van der Waals surface area contributed by atoms with Crippen LogP contribution >= 0.6 is 8.53 Å². The van der Waals surface area contributed by atoms with Crippen LogP contribution in [0.1, 0.15) is 67.5 Å². The summed E-state index contributed by atoms with van der Waals surface area (Å²) in [6.07, 6.45) is -2.16. The van der Waals surface area contributed by atoms with Crippen LogP contribution in [-0.4, -0.2) is 77.5 Å². The molecule has 0 amide bonds. The molecule has 0 saturated carbocycles. The van der Waals surface area contributed by atoms with Crippen LogP contribution in [0.3, 0.4) is 0 Å². The van der Waals surface area contributed by atoms with Crippen LogP contribution in [0.25, 0.3) is 0 Å². The zero-order valence-electron chi connectivity index (χ0n) is 25.8. The summed E-state index contributed by atoms with van der Waals surface area (Å²) in [5.74, 6) is 0. The van der Waals surface area contributed by atoms with Gasteiger partial charge in [0, 0.05) is 30.9 Å². The van der Waals surface area contributed by atoms with Gasteiger partial charge in [0.05, 0.1) is 25.2 Å². The fourth-order valence-electron chi connectivity index (χ4n) is 4.34. The highest BCUT2D eigenvalue weighted by atomic mass is 31.2. The first-order chi connectivity index (χ1) is 19.0. The molecule has 1 aromatic heterocycles. The lowest BCUT2D eigenvalue weighted by Crippen LogP contribution is -2.50. The molecule has 15 heteroatoms. The first kappa shape index (κ1) is 35.7. The van der Waals surface area contributed by atoms with Gasteiger partial charge in [-0.2, -0.15) is 5.26 Å². The van der Waals surface area contributed by atoms with Gasteiger partial charge in [0.2, 0.25) is 0 Å². The van der Waals surface area contributed by atoms with E-state index < -0.39 is 59.0 Å². The topological polar surface area (TPSA) is 177 Å². The quantitative estimate of drug-likeness (QED) is 0.0986. The van der Waals surface area contributed by atoms with Gasteiger partial charge in [-0.05, 0) is 52.2 Å². The first-order valence-corrected chi connectivity index (χ1v) is 18.1. The summed E-state index contributed by atoms with van der Waals surface area (Å²) in [6.45, 7) is 19.3. The third-order valence-corrected chi connectivity index (χ3v) is 13.9. The zero-order valence-corrected chi connectivity index (χ0v) is 27.7. The molecule has 0 aliphatic carbocycles. The van der Waals surface area contributed by atoms with Crippen molar-refractivity contribution in [1.29, 1.82) is 5.26 Å². The summed E-state index contributed by atoms with van der Waals surface area (Å²) in [5, 5.41) is 21.4. The Hall–Kier alpha value is -1.50. The number of rotatable bonds is 15. The van der Waals surface area contributed by atoms with Crippen molar-refractivity contribution >= 4 is 16.8 Å². The number of nitrogens with two attached hydrogens (primary N) is 1. The summed E-state index contributed by atoms with van der Waals surface area (Å²) in [7, 11) is -4.13. The largest absolute Gasteiger partial charge is 0.408 e. The van der Waals surface area contributed by atoms with E-state index in [-0.39, 0.29) is 30.1 Å². The van der Waals surface area contributed by atoms with E-state index in [4.69, 9.17) is 29.2 Å². The molecule has 0 spiro atoms. The summed E-state index contributed by atoms with van der Waals surface area (Å²) >= 11 is 0. The number of aromatic nitrogens is 2. The lowest BCUT2D eigenvalue weighted by molar-refractivity contribution is -0.0394. The molecule has 2 rings (SSSR count). The number of nitrogens with zero attached hydrogens (tertiary/aromatic N) is 3. The second kappa shape index (κ2) is 15.3. The maximum atomic E-state index is 13.0. The van der Waals surface area contributed by atoms with Crippen molar-refractivity contribution in [3.63, 3.8) is 0 Å². The van der Waals surface area contributed by atoms with Crippen LogP contribution in [0, 0.1) is 11.3 Å². The lowest BCUT2D eigenvalue weighted by Gasteiger charge is -2.42. The second-order valence-corrected chi connectivity index (χ2v) is 18.4. The summed E-state index contributed by atoms with van der Waals surface area (Å²) in [4.78, 5) is 27.2. The molecule has 1 aliphatic rings. The molecule has 41 heavy (non-hydrogen) atoms. The molecule has 1 saturated heterocycles. The van der Waals surface area contributed by atoms with Crippen molar-refractivity contribution in [2.45, 2.75) is 122 Å². The normalized spacial score (nSPS) is 23.3. The number of aliphatic hydroxyl groups excluding tert-OH is 1. The molecule has 3 unspecified atom stereocenters. The summed E-state index contributed by atoms with van der Waals surface area (Å²) in [6, 6.07) is 3.46. The van der Waals surface area contributed by atoms with Gasteiger partial charge in [-0.25, -0.2) is 9.46 Å². The average molecular weight is 617 g/mol. The Balaban J connectivity index is 2.65. The number of aromatic amines is 1. The Morgan fingerprint density at radius 3 is 2.41 bits per heavy atom. The molecule has 0 radical (unpaired) electrons. The maximum Gasteiger partial charge on any atom is 0.330 e. The minimum Gasteiger partial charge on any atom is -0.408 e. The number of aliphatic hydroxyl groups is 1. The van der Waals surface area contributed by atoms with E-state index in [1.54, 1.807) is 0 Å².